The number of aryl methyl sites for hydroxylation is 1. The van der Waals surface area contributed by atoms with Crippen LogP contribution in [0.3, 0.4) is 0 Å². The Morgan fingerprint density at radius 1 is 0.975 bits per heavy atom. The van der Waals surface area contributed by atoms with E-state index < -0.39 is 38.7 Å². The van der Waals surface area contributed by atoms with E-state index in [0.717, 1.165) is 50.3 Å². The number of aliphatic hydroxyl groups is 1. The number of halogens is 3. The molecule has 3 aromatic carbocycles. The molecule has 0 radical (unpaired) electrons. The molecule has 3 atom stereocenters. The van der Waals surface area contributed by atoms with Crippen molar-refractivity contribution in [3.8, 4) is 11.1 Å². The number of benzene rings is 3. The lowest BCUT2D eigenvalue weighted by Crippen LogP contribution is -2.69. The van der Waals surface area contributed by atoms with E-state index in [1.807, 2.05) is 49.4 Å². The smallest absolute Gasteiger partial charge is 0.394 e. The molecule has 0 unspecified atom stereocenters. The van der Waals surface area contributed by atoms with Crippen LogP contribution in [0.2, 0.25) is 0 Å². The van der Waals surface area contributed by atoms with E-state index in [0.29, 0.717) is 0 Å². The molecule has 2 aliphatic heterocycles. The van der Waals surface area contributed by atoms with Crippen molar-refractivity contribution in [2.45, 2.75) is 55.8 Å². The van der Waals surface area contributed by atoms with Gasteiger partial charge < -0.3 is 10.0 Å². The van der Waals surface area contributed by atoms with Crippen LogP contribution in [0.1, 0.15) is 41.0 Å². The number of aliphatic hydroxyl groups excluding tert-OH is 1. The molecule has 3 aromatic rings. The van der Waals surface area contributed by atoms with Crippen molar-refractivity contribution in [1.82, 2.24) is 9.21 Å². The molecule has 0 aromatic heterocycles. The van der Waals surface area contributed by atoms with Crippen molar-refractivity contribution in [2.24, 2.45) is 0 Å². The molecule has 0 bridgehead atoms. The summed E-state index contributed by atoms with van der Waals surface area (Å²) in [4.78, 5) is 13.7. The molecule has 40 heavy (non-hydrogen) atoms. The third kappa shape index (κ3) is 4.93. The number of rotatable bonds is 5. The van der Waals surface area contributed by atoms with Gasteiger partial charge >= 0.3 is 6.18 Å². The second-order valence-electron chi connectivity index (χ2n) is 10.5. The average Bonchev–Trinajstić information content (AvgIpc) is 2.90. The van der Waals surface area contributed by atoms with E-state index in [4.69, 9.17) is 0 Å². The molecular weight excluding hydrogens is 541 g/mol. The number of fused-ring (bicyclic) bond motifs is 1. The molecule has 2 fully saturated rings. The SMILES string of the molecule is Cc1cccc(-c2ccc([C@@H]3[C@@H](CO)N4C(=O)CCCN(S(=O)(=O)c5ccccc5C(F)(F)F)C[C@@H]34)cc2)c1C. The Morgan fingerprint density at radius 2 is 1.68 bits per heavy atom. The van der Waals surface area contributed by atoms with Gasteiger partial charge in [-0.3, -0.25) is 4.79 Å². The highest BCUT2D eigenvalue weighted by molar-refractivity contribution is 7.89. The lowest BCUT2D eigenvalue weighted by Gasteiger charge is -2.56. The van der Waals surface area contributed by atoms with Crippen LogP contribution in [0.15, 0.2) is 71.6 Å². The van der Waals surface area contributed by atoms with Crippen molar-refractivity contribution < 1.29 is 31.5 Å². The van der Waals surface area contributed by atoms with Crippen LogP contribution in [-0.2, 0) is 21.0 Å². The van der Waals surface area contributed by atoms with Crippen LogP contribution in [0.25, 0.3) is 11.1 Å². The number of hydrogen-bond acceptors (Lipinski definition) is 4. The first-order valence-corrected chi connectivity index (χ1v) is 14.6. The monoisotopic (exact) mass is 572 g/mol. The van der Waals surface area contributed by atoms with Gasteiger partial charge in [0.15, 0.2) is 0 Å². The second-order valence-corrected chi connectivity index (χ2v) is 12.4. The molecule has 2 aliphatic rings. The largest absolute Gasteiger partial charge is 0.417 e. The highest BCUT2D eigenvalue weighted by atomic mass is 32.2. The fourth-order valence-electron chi connectivity index (χ4n) is 6.03. The van der Waals surface area contributed by atoms with Crippen molar-refractivity contribution in [3.05, 3.63) is 89.0 Å². The molecule has 6 nitrogen and oxygen atoms in total. The standard InChI is InChI=1S/C30H31F3N2O4S/c1-19-7-5-8-23(20(19)2)21-12-14-22(15-13-21)29-25-17-34(16-6-11-28(37)35(25)26(29)18-36)40(38,39)27-10-4-3-9-24(27)30(31,32)33/h3-5,7-10,12-15,25-26,29,36H,6,11,16-18H2,1-2H3/t25-,26+,29-/m0/s1. The van der Waals surface area contributed by atoms with Crippen LogP contribution in [-0.4, -0.2) is 60.4 Å². The maximum Gasteiger partial charge on any atom is 0.417 e. The molecule has 1 N–H and O–H groups in total. The number of sulfonamides is 1. The summed E-state index contributed by atoms with van der Waals surface area (Å²) in [6.07, 6.45) is -4.63. The molecular formula is C30H31F3N2O4S. The van der Waals surface area contributed by atoms with Gasteiger partial charge in [0.2, 0.25) is 15.9 Å². The molecule has 0 saturated carbocycles. The summed E-state index contributed by atoms with van der Waals surface area (Å²) in [5.74, 6) is -0.574. The third-order valence-corrected chi connectivity index (χ3v) is 10.2. The van der Waals surface area contributed by atoms with Crippen molar-refractivity contribution in [3.63, 3.8) is 0 Å². The quantitative estimate of drug-likeness (QED) is 0.460. The van der Waals surface area contributed by atoms with Gasteiger partial charge in [-0.15, -0.1) is 0 Å². The van der Waals surface area contributed by atoms with Gasteiger partial charge in [0.1, 0.15) is 0 Å². The summed E-state index contributed by atoms with van der Waals surface area (Å²) in [7, 11) is -4.52. The highest BCUT2D eigenvalue weighted by Gasteiger charge is 2.53. The van der Waals surface area contributed by atoms with Gasteiger partial charge in [-0.1, -0.05) is 54.6 Å². The summed E-state index contributed by atoms with van der Waals surface area (Å²) in [5.41, 5.74) is 4.02. The Kier molecular flexibility index (Phi) is 7.54. The third-order valence-electron chi connectivity index (χ3n) is 8.23. The zero-order valence-corrected chi connectivity index (χ0v) is 23.0. The molecule has 0 spiro atoms. The lowest BCUT2D eigenvalue weighted by atomic mass is 9.74. The second kappa shape index (κ2) is 10.6. The van der Waals surface area contributed by atoms with Crippen LogP contribution < -0.4 is 0 Å². The first-order valence-electron chi connectivity index (χ1n) is 13.2. The molecule has 10 heteroatoms. The minimum atomic E-state index is -4.84. The van der Waals surface area contributed by atoms with Crippen molar-refractivity contribution in [2.75, 3.05) is 19.7 Å². The summed E-state index contributed by atoms with van der Waals surface area (Å²) >= 11 is 0. The fourth-order valence-corrected chi connectivity index (χ4v) is 7.74. The number of hydrogen-bond donors (Lipinski definition) is 1. The number of amides is 1. The van der Waals surface area contributed by atoms with Gasteiger partial charge in [-0.05, 0) is 60.2 Å². The first kappa shape index (κ1) is 28.3. The van der Waals surface area contributed by atoms with Crippen LogP contribution in [0.4, 0.5) is 13.2 Å². The Morgan fingerprint density at radius 3 is 2.35 bits per heavy atom. The normalized spacial score (nSPS) is 22.3. The minimum absolute atomic E-state index is 0.0399. The molecule has 0 aliphatic carbocycles. The lowest BCUT2D eigenvalue weighted by molar-refractivity contribution is -0.152. The Hall–Kier alpha value is -3.21. The van der Waals surface area contributed by atoms with Crippen molar-refractivity contribution >= 4 is 15.9 Å². The first-order chi connectivity index (χ1) is 18.9. The fraction of sp³-hybridized carbons (Fsp3) is 0.367. The number of carbonyl (C=O) groups excluding carboxylic acids is 1. The van der Waals surface area contributed by atoms with Crippen molar-refractivity contribution in [1.29, 1.82) is 0 Å². The van der Waals surface area contributed by atoms with Crippen LogP contribution in [0, 0.1) is 13.8 Å². The van der Waals surface area contributed by atoms with Crippen LogP contribution >= 0.6 is 0 Å². The molecule has 212 valence electrons. The van der Waals surface area contributed by atoms with E-state index >= 15 is 0 Å². The summed E-state index contributed by atoms with van der Waals surface area (Å²) in [6.45, 7) is 3.54. The number of carbonyl (C=O) groups is 1. The number of alkyl halides is 3. The zero-order valence-electron chi connectivity index (χ0n) is 22.2. The average molecular weight is 573 g/mol. The molecule has 5 rings (SSSR count). The molecule has 1 amide bonds. The minimum Gasteiger partial charge on any atom is -0.394 e. The molecule has 2 heterocycles. The Labute approximate surface area is 232 Å². The zero-order chi connectivity index (χ0) is 28.8. The highest BCUT2D eigenvalue weighted by Crippen LogP contribution is 2.44. The van der Waals surface area contributed by atoms with E-state index in [1.165, 1.54) is 11.0 Å². The topological polar surface area (TPSA) is 77.9 Å². The van der Waals surface area contributed by atoms with E-state index in [2.05, 4.69) is 6.92 Å². The Bertz CT molecular complexity index is 1520. The van der Waals surface area contributed by atoms with Crippen LogP contribution in [0.5, 0.6) is 0 Å². The van der Waals surface area contributed by atoms with Gasteiger partial charge in [-0.2, -0.15) is 17.5 Å². The van der Waals surface area contributed by atoms with Gasteiger partial charge in [-0.25, -0.2) is 8.42 Å². The summed E-state index contributed by atoms with van der Waals surface area (Å²) in [6, 6.07) is 16.8. The van der Waals surface area contributed by atoms with E-state index in [1.54, 1.807) is 0 Å². The summed E-state index contributed by atoms with van der Waals surface area (Å²) < 4.78 is 69.4. The predicted molar refractivity (Wildman–Crippen MR) is 145 cm³/mol. The maximum atomic E-state index is 13.7. The van der Waals surface area contributed by atoms with Gasteiger partial charge in [0.05, 0.1) is 29.1 Å². The molecule has 2 saturated heterocycles. The summed E-state index contributed by atoms with van der Waals surface area (Å²) in [5, 5.41) is 10.2. The van der Waals surface area contributed by atoms with E-state index in [-0.39, 0.29) is 44.4 Å². The predicted octanol–water partition coefficient (Wildman–Crippen LogP) is 5.13. The Balaban J connectivity index is 1.49. The van der Waals surface area contributed by atoms with E-state index in [9.17, 15) is 31.5 Å². The van der Waals surface area contributed by atoms with Gasteiger partial charge in [0, 0.05) is 25.4 Å². The van der Waals surface area contributed by atoms with Gasteiger partial charge in [0.25, 0.3) is 0 Å². The number of nitrogens with zero attached hydrogens (tertiary/aromatic N) is 2. The maximum absolute atomic E-state index is 13.7.